The van der Waals surface area contributed by atoms with Crippen LogP contribution in [0.3, 0.4) is 0 Å². The molecule has 2 heterocycles. The Morgan fingerprint density at radius 2 is 2.00 bits per heavy atom. The zero-order valence-electron chi connectivity index (χ0n) is 16.1. The Morgan fingerprint density at radius 3 is 2.83 bits per heavy atom. The Balaban J connectivity index is 1.54. The number of benzene rings is 2. The van der Waals surface area contributed by atoms with Crippen molar-refractivity contribution in [2.45, 2.75) is 13.3 Å². The van der Waals surface area contributed by atoms with Crippen molar-refractivity contribution in [2.75, 3.05) is 12.3 Å². The van der Waals surface area contributed by atoms with Crippen LogP contribution in [0.1, 0.15) is 21.5 Å². The van der Waals surface area contributed by atoms with Crippen LogP contribution in [0.15, 0.2) is 67.1 Å². The number of nitrogens with zero attached hydrogens (tertiary/aromatic N) is 3. The average Bonchev–Trinajstić information content (AvgIpc) is 2.74. The van der Waals surface area contributed by atoms with Gasteiger partial charge in [-0.3, -0.25) is 9.78 Å². The van der Waals surface area contributed by atoms with Crippen LogP contribution in [0, 0.1) is 6.92 Å². The maximum Gasteiger partial charge on any atom is 0.251 e. The molecule has 6 heteroatoms. The van der Waals surface area contributed by atoms with Crippen molar-refractivity contribution in [3.05, 3.63) is 83.8 Å². The van der Waals surface area contributed by atoms with Gasteiger partial charge in [-0.2, -0.15) is 0 Å². The molecule has 2 aromatic carbocycles. The predicted molar refractivity (Wildman–Crippen MR) is 114 cm³/mol. The number of nitrogens with two attached hydrogens (primary N) is 1. The number of carbonyl (C=O) groups is 1. The van der Waals surface area contributed by atoms with E-state index in [1.807, 2.05) is 61.7 Å². The maximum absolute atomic E-state index is 12.6. The highest BCUT2D eigenvalue weighted by molar-refractivity contribution is 5.96. The minimum absolute atomic E-state index is 0.0907. The van der Waals surface area contributed by atoms with Crippen molar-refractivity contribution in [2.24, 2.45) is 0 Å². The largest absolute Gasteiger partial charge is 0.368 e. The first-order chi connectivity index (χ1) is 14.1. The number of carbonyl (C=O) groups excluding carboxylic acids is 1. The summed E-state index contributed by atoms with van der Waals surface area (Å²) in [4.78, 5) is 25.0. The number of amides is 1. The standard InChI is InChI=1S/C23H21N5O/c1-15-4-5-18(22(29)26-10-8-16-3-2-9-25-13-16)12-20(15)17-6-7-21-19(11-17)14-27-23(24)28-21/h2-7,9,11-14H,8,10H2,1H3,(H,26,29)(H2,24,27,28). The van der Waals surface area contributed by atoms with E-state index in [1.165, 1.54) is 0 Å². The molecule has 0 spiro atoms. The second-order valence-corrected chi connectivity index (χ2v) is 6.90. The molecule has 29 heavy (non-hydrogen) atoms. The number of rotatable bonds is 5. The molecule has 0 atom stereocenters. The average molecular weight is 383 g/mol. The molecule has 4 rings (SSSR count). The summed E-state index contributed by atoms with van der Waals surface area (Å²) in [6, 6.07) is 15.6. The molecule has 0 saturated heterocycles. The highest BCUT2D eigenvalue weighted by Gasteiger charge is 2.10. The lowest BCUT2D eigenvalue weighted by Crippen LogP contribution is -2.25. The molecule has 1 amide bonds. The SMILES string of the molecule is Cc1ccc(C(=O)NCCc2cccnc2)cc1-c1ccc2nc(N)ncc2c1. The van der Waals surface area contributed by atoms with Crippen LogP contribution < -0.4 is 11.1 Å². The lowest BCUT2D eigenvalue weighted by atomic mass is 9.97. The highest BCUT2D eigenvalue weighted by atomic mass is 16.1. The van der Waals surface area contributed by atoms with E-state index in [0.29, 0.717) is 12.1 Å². The quantitative estimate of drug-likeness (QED) is 0.550. The molecule has 0 aliphatic rings. The summed E-state index contributed by atoms with van der Waals surface area (Å²) in [6.07, 6.45) is 6.01. The van der Waals surface area contributed by atoms with E-state index in [4.69, 9.17) is 5.73 Å². The molecular formula is C23H21N5O. The molecule has 0 unspecified atom stereocenters. The summed E-state index contributed by atoms with van der Waals surface area (Å²) in [5, 5.41) is 3.89. The van der Waals surface area contributed by atoms with E-state index in [-0.39, 0.29) is 11.9 Å². The van der Waals surface area contributed by atoms with Crippen LogP contribution in [-0.4, -0.2) is 27.4 Å². The smallest absolute Gasteiger partial charge is 0.251 e. The molecule has 0 radical (unpaired) electrons. The molecule has 6 nitrogen and oxygen atoms in total. The number of anilines is 1. The number of hydrogen-bond donors (Lipinski definition) is 2. The molecule has 0 bridgehead atoms. The molecule has 0 saturated carbocycles. The summed E-state index contributed by atoms with van der Waals surface area (Å²) in [5.41, 5.74) is 11.3. The fourth-order valence-electron chi connectivity index (χ4n) is 3.26. The fraction of sp³-hybridized carbons (Fsp3) is 0.130. The van der Waals surface area contributed by atoms with Crippen LogP contribution in [0.4, 0.5) is 5.95 Å². The van der Waals surface area contributed by atoms with Gasteiger partial charge in [-0.05, 0) is 65.9 Å². The first-order valence-corrected chi connectivity index (χ1v) is 9.40. The molecule has 2 aromatic heterocycles. The van der Waals surface area contributed by atoms with Crippen LogP contribution >= 0.6 is 0 Å². The maximum atomic E-state index is 12.6. The summed E-state index contributed by atoms with van der Waals surface area (Å²) >= 11 is 0. The second kappa shape index (κ2) is 8.06. The molecule has 0 fully saturated rings. The highest BCUT2D eigenvalue weighted by Crippen LogP contribution is 2.27. The number of pyridine rings is 1. The van der Waals surface area contributed by atoms with E-state index >= 15 is 0 Å². The van der Waals surface area contributed by atoms with Crippen LogP contribution in [0.5, 0.6) is 0 Å². The summed E-state index contributed by atoms with van der Waals surface area (Å²) < 4.78 is 0. The van der Waals surface area contributed by atoms with Gasteiger partial charge in [0.05, 0.1) is 5.52 Å². The molecular weight excluding hydrogens is 362 g/mol. The second-order valence-electron chi connectivity index (χ2n) is 6.90. The van der Waals surface area contributed by atoms with Crippen LogP contribution in [0.25, 0.3) is 22.0 Å². The number of fused-ring (bicyclic) bond motifs is 1. The van der Waals surface area contributed by atoms with Gasteiger partial charge >= 0.3 is 0 Å². The Kier molecular flexibility index (Phi) is 5.16. The van der Waals surface area contributed by atoms with Gasteiger partial charge < -0.3 is 11.1 Å². The molecule has 0 aliphatic carbocycles. The number of hydrogen-bond acceptors (Lipinski definition) is 5. The van der Waals surface area contributed by atoms with Gasteiger partial charge in [0.1, 0.15) is 0 Å². The summed E-state index contributed by atoms with van der Waals surface area (Å²) in [7, 11) is 0. The van der Waals surface area contributed by atoms with Gasteiger partial charge in [0.25, 0.3) is 5.91 Å². The van der Waals surface area contributed by atoms with Crippen molar-refractivity contribution in [3.63, 3.8) is 0 Å². The summed E-state index contributed by atoms with van der Waals surface area (Å²) in [6.45, 7) is 2.59. The minimum Gasteiger partial charge on any atom is -0.368 e. The minimum atomic E-state index is -0.0907. The van der Waals surface area contributed by atoms with E-state index in [1.54, 1.807) is 12.4 Å². The monoisotopic (exact) mass is 383 g/mol. The number of nitrogen functional groups attached to an aromatic ring is 1. The van der Waals surface area contributed by atoms with Crippen LogP contribution in [0.2, 0.25) is 0 Å². The van der Waals surface area contributed by atoms with Crippen molar-refractivity contribution >= 4 is 22.8 Å². The topological polar surface area (TPSA) is 93.8 Å². The van der Waals surface area contributed by atoms with E-state index < -0.39 is 0 Å². The van der Waals surface area contributed by atoms with Gasteiger partial charge in [0.2, 0.25) is 5.95 Å². The zero-order valence-corrected chi connectivity index (χ0v) is 16.1. The third-order valence-corrected chi connectivity index (χ3v) is 4.83. The lowest BCUT2D eigenvalue weighted by molar-refractivity contribution is 0.0954. The normalized spacial score (nSPS) is 10.8. The molecule has 0 aliphatic heterocycles. The van der Waals surface area contributed by atoms with E-state index in [2.05, 4.69) is 20.3 Å². The van der Waals surface area contributed by atoms with Gasteiger partial charge in [-0.15, -0.1) is 0 Å². The lowest BCUT2D eigenvalue weighted by Gasteiger charge is -2.11. The van der Waals surface area contributed by atoms with E-state index in [9.17, 15) is 4.79 Å². The summed E-state index contributed by atoms with van der Waals surface area (Å²) in [5.74, 6) is 0.165. The van der Waals surface area contributed by atoms with Crippen molar-refractivity contribution in [1.29, 1.82) is 0 Å². The Hall–Kier alpha value is -3.80. The molecule has 4 aromatic rings. The Bertz CT molecular complexity index is 1170. The van der Waals surface area contributed by atoms with Gasteiger partial charge in [0, 0.05) is 36.1 Å². The number of aryl methyl sites for hydroxylation is 1. The van der Waals surface area contributed by atoms with Gasteiger partial charge in [-0.25, -0.2) is 9.97 Å². The Morgan fingerprint density at radius 1 is 1.10 bits per heavy atom. The van der Waals surface area contributed by atoms with Crippen LogP contribution in [-0.2, 0) is 6.42 Å². The third-order valence-electron chi connectivity index (χ3n) is 4.83. The third kappa shape index (κ3) is 4.21. The number of aromatic nitrogens is 3. The molecule has 3 N–H and O–H groups in total. The molecule has 144 valence electrons. The van der Waals surface area contributed by atoms with Crippen molar-refractivity contribution in [1.82, 2.24) is 20.3 Å². The Labute approximate surface area is 168 Å². The fourth-order valence-corrected chi connectivity index (χ4v) is 3.26. The number of nitrogens with one attached hydrogen (secondary N) is 1. The van der Waals surface area contributed by atoms with Crippen molar-refractivity contribution < 1.29 is 4.79 Å². The van der Waals surface area contributed by atoms with E-state index in [0.717, 1.165) is 39.6 Å². The van der Waals surface area contributed by atoms with Gasteiger partial charge in [-0.1, -0.05) is 18.2 Å². The predicted octanol–water partition coefficient (Wildman–Crippen LogP) is 3.55. The zero-order chi connectivity index (χ0) is 20.2. The van der Waals surface area contributed by atoms with Gasteiger partial charge in [0.15, 0.2) is 0 Å². The van der Waals surface area contributed by atoms with Crippen molar-refractivity contribution in [3.8, 4) is 11.1 Å². The first-order valence-electron chi connectivity index (χ1n) is 9.40. The first kappa shape index (κ1) is 18.6.